The molecule has 0 fully saturated rings. The molecule has 0 aliphatic rings. The van der Waals surface area contributed by atoms with Gasteiger partial charge < -0.3 is 15.4 Å². The number of carbonyl (C=O) groups excluding carboxylic acids is 1. The minimum absolute atomic E-state index is 0.00269. The van der Waals surface area contributed by atoms with Gasteiger partial charge in [-0.1, -0.05) is 13.3 Å². The first-order valence-corrected chi connectivity index (χ1v) is 8.97. The molecule has 0 spiro atoms. The third-order valence-electron chi connectivity index (χ3n) is 3.76. The summed E-state index contributed by atoms with van der Waals surface area (Å²) in [6.07, 6.45) is 3.41. The van der Waals surface area contributed by atoms with Gasteiger partial charge in [0.05, 0.1) is 12.3 Å². The molecule has 1 aromatic carbocycles. The number of carbonyl (C=O) groups is 1. The maximum Gasteiger partial charge on any atom is 0.327 e. The summed E-state index contributed by atoms with van der Waals surface area (Å²) in [5.41, 5.74) is 0.514. The van der Waals surface area contributed by atoms with Gasteiger partial charge in [-0.3, -0.25) is 0 Å². The quantitative estimate of drug-likeness (QED) is 0.653. The molecule has 0 aliphatic carbocycles. The van der Waals surface area contributed by atoms with E-state index >= 15 is 0 Å². The zero-order valence-electron chi connectivity index (χ0n) is 15.9. The predicted molar refractivity (Wildman–Crippen MR) is 104 cm³/mol. The molecule has 0 saturated carbocycles. The maximum absolute atomic E-state index is 13.3. The fourth-order valence-corrected chi connectivity index (χ4v) is 2.45. The molecule has 1 atom stereocenters. The third kappa shape index (κ3) is 6.18. The SMILES string of the molecule is CCCCNC(=O)N(c1ccc(F)cc1)c1ccnc(N[C@@H](C)COC)n1. The molecular formula is C19H26FN5O2. The lowest BCUT2D eigenvalue weighted by Crippen LogP contribution is -2.38. The molecule has 27 heavy (non-hydrogen) atoms. The maximum atomic E-state index is 13.3. The van der Waals surface area contributed by atoms with E-state index < -0.39 is 0 Å². The van der Waals surface area contributed by atoms with E-state index in [1.165, 1.54) is 29.2 Å². The Bertz CT molecular complexity index is 726. The summed E-state index contributed by atoms with van der Waals surface area (Å²) in [4.78, 5) is 22.8. The minimum Gasteiger partial charge on any atom is -0.383 e. The van der Waals surface area contributed by atoms with Crippen molar-refractivity contribution in [1.82, 2.24) is 15.3 Å². The lowest BCUT2D eigenvalue weighted by atomic mass is 10.3. The van der Waals surface area contributed by atoms with Gasteiger partial charge in [0, 0.05) is 32.0 Å². The Kier molecular flexibility index (Phi) is 7.94. The molecule has 0 saturated heterocycles. The van der Waals surface area contributed by atoms with Crippen LogP contribution in [0.15, 0.2) is 36.5 Å². The number of hydrogen-bond donors (Lipinski definition) is 2. The molecule has 1 aromatic heterocycles. The predicted octanol–water partition coefficient (Wildman–Crippen LogP) is 3.71. The molecule has 0 unspecified atom stereocenters. The first-order chi connectivity index (χ1) is 13.0. The van der Waals surface area contributed by atoms with Gasteiger partial charge in [-0.05, 0) is 37.6 Å². The zero-order valence-corrected chi connectivity index (χ0v) is 15.9. The fourth-order valence-electron chi connectivity index (χ4n) is 2.45. The van der Waals surface area contributed by atoms with Crippen molar-refractivity contribution < 1.29 is 13.9 Å². The van der Waals surface area contributed by atoms with Crippen LogP contribution in [0, 0.1) is 5.82 Å². The highest BCUT2D eigenvalue weighted by Crippen LogP contribution is 2.24. The van der Waals surface area contributed by atoms with Crippen LogP contribution in [0.2, 0.25) is 0 Å². The molecule has 0 aliphatic heterocycles. The lowest BCUT2D eigenvalue weighted by Gasteiger charge is -2.23. The van der Waals surface area contributed by atoms with Crippen molar-refractivity contribution in [3.8, 4) is 0 Å². The largest absolute Gasteiger partial charge is 0.383 e. The Morgan fingerprint density at radius 1 is 1.30 bits per heavy atom. The van der Waals surface area contributed by atoms with Crippen molar-refractivity contribution in [2.75, 3.05) is 30.5 Å². The van der Waals surface area contributed by atoms with E-state index in [1.807, 2.05) is 13.8 Å². The van der Waals surface area contributed by atoms with Crippen LogP contribution in [0.5, 0.6) is 0 Å². The number of aromatic nitrogens is 2. The number of nitrogens with zero attached hydrogens (tertiary/aromatic N) is 3. The summed E-state index contributed by atoms with van der Waals surface area (Å²) >= 11 is 0. The number of nitrogens with one attached hydrogen (secondary N) is 2. The van der Waals surface area contributed by atoms with E-state index in [0.717, 1.165) is 12.8 Å². The van der Waals surface area contributed by atoms with E-state index in [9.17, 15) is 9.18 Å². The van der Waals surface area contributed by atoms with Crippen molar-refractivity contribution >= 4 is 23.5 Å². The average molecular weight is 375 g/mol. The number of amides is 2. The summed E-state index contributed by atoms with van der Waals surface area (Å²) in [5.74, 6) is 0.395. The first-order valence-electron chi connectivity index (χ1n) is 8.97. The molecular weight excluding hydrogens is 349 g/mol. The van der Waals surface area contributed by atoms with Crippen molar-refractivity contribution in [3.05, 3.63) is 42.3 Å². The molecule has 2 rings (SSSR count). The highest BCUT2D eigenvalue weighted by molar-refractivity contribution is 5.98. The van der Waals surface area contributed by atoms with Crippen LogP contribution in [0.3, 0.4) is 0 Å². The number of benzene rings is 1. The van der Waals surface area contributed by atoms with Gasteiger partial charge in [-0.15, -0.1) is 0 Å². The van der Waals surface area contributed by atoms with Gasteiger partial charge in [0.25, 0.3) is 0 Å². The minimum atomic E-state index is -0.372. The van der Waals surface area contributed by atoms with Crippen molar-refractivity contribution in [2.24, 2.45) is 0 Å². The number of urea groups is 1. The van der Waals surface area contributed by atoms with Gasteiger partial charge in [0.2, 0.25) is 5.95 Å². The Balaban J connectivity index is 2.29. The van der Waals surface area contributed by atoms with Gasteiger partial charge in [0.1, 0.15) is 11.6 Å². The van der Waals surface area contributed by atoms with E-state index in [1.54, 1.807) is 19.4 Å². The Morgan fingerprint density at radius 3 is 2.70 bits per heavy atom. The van der Waals surface area contributed by atoms with Crippen LogP contribution in [-0.2, 0) is 4.74 Å². The number of ether oxygens (including phenoxy) is 1. The lowest BCUT2D eigenvalue weighted by molar-refractivity contribution is 0.190. The monoisotopic (exact) mass is 375 g/mol. The Labute approximate surface area is 159 Å². The number of rotatable bonds is 9. The number of methoxy groups -OCH3 is 1. The first kappa shape index (κ1) is 20.6. The Morgan fingerprint density at radius 2 is 2.04 bits per heavy atom. The summed E-state index contributed by atoms with van der Waals surface area (Å²) in [6, 6.07) is 7.00. The highest BCUT2D eigenvalue weighted by Gasteiger charge is 2.20. The van der Waals surface area contributed by atoms with Crippen LogP contribution in [0.4, 0.5) is 26.6 Å². The summed E-state index contributed by atoms with van der Waals surface area (Å²) in [6.45, 7) is 5.03. The van der Waals surface area contributed by atoms with Crippen LogP contribution in [-0.4, -0.2) is 42.3 Å². The highest BCUT2D eigenvalue weighted by atomic mass is 19.1. The average Bonchev–Trinajstić information content (AvgIpc) is 2.64. The molecule has 0 bridgehead atoms. The number of halogens is 1. The molecule has 0 radical (unpaired) electrons. The molecule has 2 aromatic rings. The van der Waals surface area contributed by atoms with Gasteiger partial charge in [-0.25, -0.2) is 19.1 Å². The fraction of sp³-hybridized carbons (Fsp3) is 0.421. The second-order valence-corrected chi connectivity index (χ2v) is 6.14. The van der Waals surface area contributed by atoms with Gasteiger partial charge in [0.15, 0.2) is 0 Å². The molecule has 146 valence electrons. The van der Waals surface area contributed by atoms with Gasteiger partial charge >= 0.3 is 6.03 Å². The van der Waals surface area contributed by atoms with Crippen LogP contribution in [0.1, 0.15) is 26.7 Å². The second-order valence-electron chi connectivity index (χ2n) is 6.14. The third-order valence-corrected chi connectivity index (χ3v) is 3.76. The molecule has 8 heteroatoms. The standard InChI is InChI=1S/C19H26FN5O2/c1-4-5-11-22-19(26)25(16-8-6-15(20)7-9-16)17-10-12-21-18(24-17)23-14(2)13-27-3/h6-10,12,14H,4-5,11,13H2,1-3H3,(H,22,26)(H,21,23,24)/t14-/m0/s1. The molecule has 2 N–H and O–H groups in total. The van der Waals surface area contributed by atoms with Gasteiger partial charge in [-0.2, -0.15) is 4.98 Å². The van der Waals surface area contributed by atoms with Crippen LogP contribution >= 0.6 is 0 Å². The normalized spacial score (nSPS) is 11.7. The smallest absolute Gasteiger partial charge is 0.327 e. The summed E-state index contributed by atoms with van der Waals surface area (Å²) in [7, 11) is 1.62. The van der Waals surface area contributed by atoms with Crippen LogP contribution < -0.4 is 15.5 Å². The molecule has 2 amide bonds. The summed E-state index contributed by atoms with van der Waals surface area (Å²) in [5, 5.41) is 5.99. The van der Waals surface area contributed by atoms with Crippen molar-refractivity contribution in [3.63, 3.8) is 0 Å². The van der Waals surface area contributed by atoms with E-state index in [4.69, 9.17) is 4.74 Å². The topological polar surface area (TPSA) is 79.4 Å². The molecule has 7 nitrogen and oxygen atoms in total. The molecule has 1 heterocycles. The zero-order chi connectivity index (χ0) is 19.6. The van der Waals surface area contributed by atoms with E-state index in [-0.39, 0.29) is 17.9 Å². The van der Waals surface area contributed by atoms with Crippen molar-refractivity contribution in [1.29, 1.82) is 0 Å². The second kappa shape index (κ2) is 10.4. The number of hydrogen-bond acceptors (Lipinski definition) is 5. The number of anilines is 3. The Hall–Kier alpha value is -2.74. The summed E-state index contributed by atoms with van der Waals surface area (Å²) < 4.78 is 18.4. The van der Waals surface area contributed by atoms with Crippen molar-refractivity contribution in [2.45, 2.75) is 32.7 Å². The number of unbranched alkanes of at least 4 members (excludes halogenated alkanes) is 1. The van der Waals surface area contributed by atoms with E-state index in [2.05, 4.69) is 20.6 Å². The van der Waals surface area contributed by atoms with Crippen LogP contribution in [0.25, 0.3) is 0 Å². The van der Waals surface area contributed by atoms with E-state index in [0.29, 0.717) is 30.6 Å².